The summed E-state index contributed by atoms with van der Waals surface area (Å²) in [5.41, 5.74) is -2.43. The molecule has 0 bridgehead atoms. The van der Waals surface area contributed by atoms with Crippen LogP contribution in [-0.2, 0) is 28.9 Å². The molecule has 0 aliphatic rings. The molecule has 0 saturated heterocycles. The number of halogens is 3. The molecule has 1 heterocycles. The summed E-state index contributed by atoms with van der Waals surface area (Å²) in [5.74, 6) is -0.963. The van der Waals surface area contributed by atoms with E-state index in [1.807, 2.05) is 0 Å². The van der Waals surface area contributed by atoms with Crippen LogP contribution in [0.1, 0.15) is 30.5 Å². The van der Waals surface area contributed by atoms with Gasteiger partial charge in [-0.25, -0.2) is 4.68 Å². The summed E-state index contributed by atoms with van der Waals surface area (Å²) < 4.78 is 45.3. The molecule has 1 aromatic rings. The Balaban J connectivity index is 2.88. The minimum absolute atomic E-state index is 0.0639. The van der Waals surface area contributed by atoms with E-state index >= 15 is 0 Å². The van der Waals surface area contributed by atoms with Gasteiger partial charge in [-0.05, 0) is 31.4 Å². The van der Waals surface area contributed by atoms with Gasteiger partial charge >= 0.3 is 12.1 Å². The molecule has 0 amide bonds. The van der Waals surface area contributed by atoms with Gasteiger partial charge in [0.1, 0.15) is 12.3 Å². The first-order chi connectivity index (χ1) is 11.9. The number of aromatic nitrogens is 2. The third kappa shape index (κ3) is 8.13. The molecule has 10 heteroatoms. The minimum atomic E-state index is -4.78. The van der Waals surface area contributed by atoms with Crippen LogP contribution >= 0.6 is 0 Å². The maximum atomic E-state index is 13.1. The lowest BCUT2D eigenvalue weighted by molar-refractivity contribution is -0.139. The Kier molecular flexibility index (Phi) is 8.01. The number of hydrogen-bond acceptors (Lipinski definition) is 4. The van der Waals surface area contributed by atoms with Crippen molar-refractivity contribution in [2.45, 2.75) is 64.3 Å². The Morgan fingerprint density at radius 1 is 1.31 bits per heavy atom. The van der Waals surface area contributed by atoms with Gasteiger partial charge in [0, 0.05) is 21.1 Å². The number of aryl methyl sites for hydroxylation is 1. The van der Waals surface area contributed by atoms with Gasteiger partial charge in [-0.3, -0.25) is 9.59 Å². The standard InChI is InChI=1S/C16H25F3N2O4Si/c1-26(2,3)9-8-25-11-21-15(24)13(16(17,18)19)10-12(20-21)6-4-5-7-14(22)23/h10H,4-9,11H2,1-3H3,(H,22,23). The summed E-state index contributed by atoms with van der Waals surface area (Å²) >= 11 is 0. The summed E-state index contributed by atoms with van der Waals surface area (Å²) in [4.78, 5) is 22.5. The number of ether oxygens (including phenoxy) is 1. The van der Waals surface area contributed by atoms with Crippen LogP contribution in [0.5, 0.6) is 0 Å². The molecule has 0 unspecified atom stereocenters. The van der Waals surface area contributed by atoms with Gasteiger partial charge in [0.15, 0.2) is 0 Å². The number of carboxylic acid groups (broad SMARTS) is 1. The lowest BCUT2D eigenvalue weighted by Crippen LogP contribution is -2.32. The molecule has 0 radical (unpaired) electrons. The second kappa shape index (κ2) is 9.31. The molecule has 0 saturated carbocycles. The first-order valence-electron chi connectivity index (χ1n) is 8.38. The average molecular weight is 394 g/mol. The summed E-state index contributed by atoms with van der Waals surface area (Å²) in [7, 11) is -1.35. The van der Waals surface area contributed by atoms with Gasteiger partial charge in [-0.2, -0.15) is 18.3 Å². The van der Waals surface area contributed by atoms with E-state index in [0.29, 0.717) is 24.1 Å². The fourth-order valence-electron chi connectivity index (χ4n) is 2.12. The Bertz CT molecular complexity index is 669. The van der Waals surface area contributed by atoms with Gasteiger partial charge < -0.3 is 9.84 Å². The van der Waals surface area contributed by atoms with E-state index in [1.54, 1.807) is 0 Å². The van der Waals surface area contributed by atoms with E-state index in [4.69, 9.17) is 9.84 Å². The molecule has 1 aromatic heterocycles. The summed E-state index contributed by atoms with van der Waals surface area (Å²) in [5, 5.41) is 12.5. The molecular weight excluding hydrogens is 369 g/mol. The maximum absolute atomic E-state index is 13.1. The molecule has 0 aliphatic carbocycles. The molecule has 1 rings (SSSR count). The van der Waals surface area contributed by atoms with E-state index in [-0.39, 0.29) is 25.3 Å². The lowest BCUT2D eigenvalue weighted by atomic mass is 10.1. The zero-order valence-corrected chi connectivity index (χ0v) is 16.2. The molecule has 148 valence electrons. The Hall–Kier alpha value is -1.68. The highest BCUT2D eigenvalue weighted by atomic mass is 28.3. The van der Waals surface area contributed by atoms with Crippen LogP contribution in [0, 0.1) is 0 Å². The highest BCUT2D eigenvalue weighted by Gasteiger charge is 2.35. The predicted molar refractivity (Wildman–Crippen MR) is 92.8 cm³/mol. The number of hydrogen-bond donors (Lipinski definition) is 1. The van der Waals surface area contributed by atoms with Crippen LogP contribution in [0.25, 0.3) is 0 Å². The number of unbranched alkanes of at least 4 members (excludes halogenated alkanes) is 1. The first kappa shape index (κ1) is 22.4. The molecule has 0 fully saturated rings. The zero-order chi connectivity index (χ0) is 20.0. The number of rotatable bonds is 10. The highest BCUT2D eigenvalue weighted by Crippen LogP contribution is 2.27. The number of carboxylic acids is 1. The number of alkyl halides is 3. The topological polar surface area (TPSA) is 81.4 Å². The van der Waals surface area contributed by atoms with Crippen molar-refractivity contribution in [2.24, 2.45) is 0 Å². The molecule has 6 nitrogen and oxygen atoms in total. The molecule has 0 spiro atoms. The Morgan fingerprint density at radius 2 is 1.96 bits per heavy atom. The van der Waals surface area contributed by atoms with Gasteiger partial charge in [0.25, 0.3) is 5.56 Å². The largest absolute Gasteiger partial charge is 0.481 e. The molecular formula is C16H25F3N2O4Si. The summed E-state index contributed by atoms with van der Waals surface area (Å²) in [6.45, 7) is 6.43. The van der Waals surface area contributed by atoms with Crippen molar-refractivity contribution >= 4 is 14.0 Å². The Morgan fingerprint density at radius 3 is 2.50 bits per heavy atom. The smallest absolute Gasteiger partial charge is 0.421 e. The van der Waals surface area contributed by atoms with Gasteiger partial charge in [-0.15, -0.1) is 0 Å². The molecule has 0 aromatic carbocycles. The summed E-state index contributed by atoms with van der Waals surface area (Å²) in [6, 6.07) is 1.56. The van der Waals surface area contributed by atoms with E-state index in [2.05, 4.69) is 24.7 Å². The monoisotopic (exact) mass is 394 g/mol. The van der Waals surface area contributed by atoms with Crippen LogP contribution in [0.3, 0.4) is 0 Å². The normalized spacial score (nSPS) is 12.4. The van der Waals surface area contributed by atoms with E-state index in [9.17, 15) is 22.8 Å². The van der Waals surface area contributed by atoms with E-state index < -0.39 is 31.3 Å². The second-order valence-electron chi connectivity index (χ2n) is 7.30. The predicted octanol–water partition coefficient (Wildman–Crippen LogP) is 3.37. The van der Waals surface area contributed by atoms with Crippen molar-refractivity contribution in [2.75, 3.05) is 6.61 Å². The van der Waals surface area contributed by atoms with Gasteiger partial charge in [0.05, 0.1) is 5.69 Å². The van der Waals surface area contributed by atoms with Crippen LogP contribution in [-0.4, -0.2) is 35.5 Å². The van der Waals surface area contributed by atoms with Crippen molar-refractivity contribution in [1.29, 1.82) is 0 Å². The van der Waals surface area contributed by atoms with Crippen molar-refractivity contribution in [1.82, 2.24) is 9.78 Å². The van der Waals surface area contributed by atoms with Crippen LogP contribution in [0.4, 0.5) is 13.2 Å². The average Bonchev–Trinajstić information content (AvgIpc) is 2.48. The van der Waals surface area contributed by atoms with Crippen molar-refractivity contribution in [3.63, 3.8) is 0 Å². The zero-order valence-electron chi connectivity index (χ0n) is 15.2. The highest BCUT2D eigenvalue weighted by molar-refractivity contribution is 6.76. The maximum Gasteiger partial charge on any atom is 0.421 e. The van der Waals surface area contributed by atoms with Crippen molar-refractivity contribution in [3.8, 4) is 0 Å². The number of carbonyl (C=O) groups is 1. The Labute approximate surface area is 151 Å². The van der Waals surface area contributed by atoms with Crippen LogP contribution in [0.2, 0.25) is 25.7 Å². The summed E-state index contributed by atoms with van der Waals surface area (Å²) in [6.07, 6.45) is -4.00. The van der Waals surface area contributed by atoms with Crippen LogP contribution < -0.4 is 5.56 Å². The van der Waals surface area contributed by atoms with Crippen molar-refractivity contribution in [3.05, 3.63) is 27.7 Å². The van der Waals surface area contributed by atoms with Gasteiger partial charge in [-0.1, -0.05) is 19.6 Å². The first-order valence-corrected chi connectivity index (χ1v) is 12.1. The fraction of sp³-hybridized carbons (Fsp3) is 0.688. The third-order valence-corrected chi connectivity index (χ3v) is 5.32. The molecule has 0 atom stereocenters. The SMILES string of the molecule is C[Si](C)(C)CCOCn1nc(CCCCC(=O)O)cc(C(F)(F)F)c1=O. The third-order valence-electron chi connectivity index (χ3n) is 3.61. The van der Waals surface area contributed by atoms with Crippen LogP contribution in [0.15, 0.2) is 10.9 Å². The molecule has 0 aliphatic heterocycles. The quantitative estimate of drug-likeness (QED) is 0.486. The fourth-order valence-corrected chi connectivity index (χ4v) is 2.88. The van der Waals surface area contributed by atoms with Gasteiger partial charge in [0.2, 0.25) is 0 Å². The number of nitrogens with zero attached hydrogens (tertiary/aromatic N) is 2. The van der Waals surface area contributed by atoms with E-state index in [0.717, 1.165) is 12.1 Å². The molecule has 26 heavy (non-hydrogen) atoms. The minimum Gasteiger partial charge on any atom is -0.481 e. The van der Waals surface area contributed by atoms with E-state index in [1.165, 1.54) is 0 Å². The lowest BCUT2D eigenvalue weighted by Gasteiger charge is -2.16. The van der Waals surface area contributed by atoms with Crippen molar-refractivity contribution < 1.29 is 27.8 Å². The molecule has 1 N–H and O–H groups in total. The second-order valence-corrected chi connectivity index (χ2v) is 12.9. The number of aliphatic carboxylic acids is 1.